The van der Waals surface area contributed by atoms with E-state index < -0.39 is 39.5 Å². The Labute approximate surface area is 98.4 Å². The predicted octanol–water partition coefficient (Wildman–Crippen LogP) is -1.75. The number of amides is 4. The Kier molecular flexibility index (Phi) is 3.83. The highest BCUT2D eigenvalue weighted by Gasteiger charge is 2.37. The van der Waals surface area contributed by atoms with Crippen molar-refractivity contribution in [1.29, 1.82) is 0 Å². The monoisotopic (exact) mass is 263 g/mol. The number of imide groups is 2. The fourth-order valence-corrected chi connectivity index (χ4v) is 1.88. The third-order valence-corrected chi connectivity index (χ3v) is 3.74. The van der Waals surface area contributed by atoms with Crippen molar-refractivity contribution in [2.24, 2.45) is 5.92 Å². The second kappa shape index (κ2) is 4.80. The number of nitrogens with zero attached hydrogens (tertiary/aromatic N) is 1. The summed E-state index contributed by atoms with van der Waals surface area (Å²) in [5.74, 6) is -2.74. The number of sulfonamides is 1. The Bertz CT molecular complexity index is 458. The lowest BCUT2D eigenvalue weighted by molar-refractivity contribution is -0.141. The number of rotatable bonds is 4. The van der Waals surface area contributed by atoms with Crippen molar-refractivity contribution >= 4 is 27.9 Å². The summed E-state index contributed by atoms with van der Waals surface area (Å²) in [5, 5.41) is 1.98. The van der Waals surface area contributed by atoms with E-state index >= 15 is 0 Å². The summed E-state index contributed by atoms with van der Waals surface area (Å²) in [4.78, 5) is 34.7. The van der Waals surface area contributed by atoms with Gasteiger partial charge in [0.2, 0.25) is 21.8 Å². The molecule has 1 atom stereocenters. The fourth-order valence-electron chi connectivity index (χ4n) is 1.25. The lowest BCUT2D eigenvalue weighted by Gasteiger charge is -2.28. The van der Waals surface area contributed by atoms with E-state index in [0.717, 1.165) is 4.90 Å². The predicted molar refractivity (Wildman–Crippen MR) is 57.3 cm³/mol. The van der Waals surface area contributed by atoms with Gasteiger partial charge >= 0.3 is 6.03 Å². The molecule has 1 fully saturated rings. The van der Waals surface area contributed by atoms with Gasteiger partial charge < -0.3 is 0 Å². The molecular weight excluding hydrogens is 250 g/mol. The molecule has 0 aromatic carbocycles. The van der Waals surface area contributed by atoms with Gasteiger partial charge in [-0.1, -0.05) is 0 Å². The molecule has 9 heteroatoms. The molecule has 96 valence electrons. The van der Waals surface area contributed by atoms with E-state index in [9.17, 15) is 22.8 Å². The number of carbonyl (C=O) groups is 3. The number of nitrogens with one attached hydrogen (secondary N) is 2. The number of hydrogen-bond acceptors (Lipinski definition) is 5. The highest BCUT2D eigenvalue weighted by molar-refractivity contribution is 7.89. The molecule has 0 radical (unpaired) electrons. The quantitative estimate of drug-likeness (QED) is 0.584. The van der Waals surface area contributed by atoms with Crippen molar-refractivity contribution in [2.75, 3.05) is 19.3 Å². The van der Waals surface area contributed by atoms with Crippen LogP contribution in [-0.2, 0) is 19.6 Å². The standard InChI is InChI=1S/C8H13N3O5S/c1-5-6(12)10-8(14)11(7(5)13)3-4-17(15,16)9-2/h5,9H,3-4H2,1-2H3,(H,10,12,14). The summed E-state index contributed by atoms with van der Waals surface area (Å²) in [7, 11) is -2.27. The first-order valence-electron chi connectivity index (χ1n) is 4.86. The zero-order valence-electron chi connectivity index (χ0n) is 9.39. The van der Waals surface area contributed by atoms with Gasteiger partial charge in [0.25, 0.3) is 0 Å². The highest BCUT2D eigenvalue weighted by atomic mass is 32.2. The van der Waals surface area contributed by atoms with Crippen LogP contribution in [0.15, 0.2) is 0 Å². The van der Waals surface area contributed by atoms with Crippen molar-refractivity contribution in [1.82, 2.24) is 14.9 Å². The Morgan fingerprint density at radius 1 is 1.35 bits per heavy atom. The van der Waals surface area contributed by atoms with Gasteiger partial charge in [-0.05, 0) is 14.0 Å². The minimum atomic E-state index is -3.51. The molecule has 17 heavy (non-hydrogen) atoms. The normalized spacial score (nSPS) is 21.6. The molecule has 1 aliphatic heterocycles. The molecule has 1 unspecified atom stereocenters. The van der Waals surface area contributed by atoms with E-state index in [2.05, 4.69) is 4.72 Å². The van der Waals surface area contributed by atoms with Crippen molar-refractivity contribution < 1.29 is 22.8 Å². The molecule has 0 spiro atoms. The number of barbiturate groups is 1. The van der Waals surface area contributed by atoms with Gasteiger partial charge in [-0.3, -0.25) is 19.8 Å². The molecule has 1 aliphatic rings. The third kappa shape index (κ3) is 3.01. The highest BCUT2D eigenvalue weighted by Crippen LogP contribution is 2.09. The maximum atomic E-state index is 11.6. The first-order valence-corrected chi connectivity index (χ1v) is 6.51. The SMILES string of the molecule is CNS(=O)(=O)CCN1C(=O)NC(=O)C(C)C1=O. The lowest BCUT2D eigenvalue weighted by atomic mass is 10.1. The van der Waals surface area contributed by atoms with Crippen LogP contribution in [0.3, 0.4) is 0 Å². The van der Waals surface area contributed by atoms with Gasteiger partial charge in [0.1, 0.15) is 5.92 Å². The minimum absolute atomic E-state index is 0.286. The van der Waals surface area contributed by atoms with Gasteiger partial charge in [0.05, 0.1) is 5.75 Å². The Morgan fingerprint density at radius 2 is 1.94 bits per heavy atom. The van der Waals surface area contributed by atoms with Gasteiger partial charge in [-0.15, -0.1) is 0 Å². The van der Waals surface area contributed by atoms with Crippen molar-refractivity contribution in [3.63, 3.8) is 0 Å². The smallest absolute Gasteiger partial charge is 0.277 e. The number of urea groups is 1. The molecule has 1 heterocycles. The largest absolute Gasteiger partial charge is 0.330 e. The van der Waals surface area contributed by atoms with Crippen LogP contribution in [0.1, 0.15) is 6.92 Å². The number of carbonyl (C=O) groups excluding carboxylic acids is 3. The first-order chi connectivity index (χ1) is 7.78. The second-order valence-electron chi connectivity index (χ2n) is 3.53. The molecule has 0 aromatic heterocycles. The van der Waals surface area contributed by atoms with Gasteiger partial charge in [-0.2, -0.15) is 0 Å². The lowest BCUT2D eigenvalue weighted by Crippen LogP contribution is -2.58. The zero-order chi connectivity index (χ0) is 13.2. The van der Waals surface area contributed by atoms with Crippen molar-refractivity contribution in [3.05, 3.63) is 0 Å². The fraction of sp³-hybridized carbons (Fsp3) is 0.625. The van der Waals surface area contributed by atoms with Crippen LogP contribution in [0.2, 0.25) is 0 Å². The summed E-state index contributed by atoms with van der Waals surface area (Å²) in [5.41, 5.74) is 0. The minimum Gasteiger partial charge on any atom is -0.277 e. The van der Waals surface area contributed by atoms with Crippen LogP contribution in [-0.4, -0.2) is 50.5 Å². The first kappa shape index (κ1) is 13.6. The van der Waals surface area contributed by atoms with Crippen LogP contribution >= 0.6 is 0 Å². The van der Waals surface area contributed by atoms with E-state index in [1.165, 1.54) is 14.0 Å². The maximum Gasteiger partial charge on any atom is 0.330 e. The molecule has 0 saturated carbocycles. The Hall–Kier alpha value is -1.48. The molecule has 8 nitrogen and oxygen atoms in total. The molecule has 0 aromatic rings. The third-order valence-electron chi connectivity index (χ3n) is 2.40. The van der Waals surface area contributed by atoms with Crippen LogP contribution in [0.4, 0.5) is 4.79 Å². The van der Waals surface area contributed by atoms with Crippen LogP contribution in [0.5, 0.6) is 0 Å². The van der Waals surface area contributed by atoms with E-state index in [1.54, 1.807) is 0 Å². The van der Waals surface area contributed by atoms with Crippen LogP contribution < -0.4 is 10.0 Å². The van der Waals surface area contributed by atoms with Gasteiger partial charge in [0.15, 0.2) is 0 Å². The van der Waals surface area contributed by atoms with E-state index in [1.807, 2.05) is 5.32 Å². The Morgan fingerprint density at radius 3 is 2.47 bits per heavy atom. The summed E-state index contributed by atoms with van der Waals surface area (Å²) in [6.07, 6.45) is 0. The van der Waals surface area contributed by atoms with E-state index in [-0.39, 0.29) is 6.54 Å². The summed E-state index contributed by atoms with van der Waals surface area (Å²) >= 11 is 0. The summed E-state index contributed by atoms with van der Waals surface area (Å²) < 4.78 is 24.4. The average Bonchev–Trinajstić information content (AvgIpc) is 2.26. The molecular formula is C8H13N3O5S. The number of hydrogen-bond donors (Lipinski definition) is 2. The molecule has 4 amide bonds. The maximum absolute atomic E-state index is 11.6. The second-order valence-corrected chi connectivity index (χ2v) is 5.57. The van der Waals surface area contributed by atoms with Gasteiger partial charge in [-0.25, -0.2) is 17.9 Å². The zero-order valence-corrected chi connectivity index (χ0v) is 10.2. The molecule has 0 bridgehead atoms. The molecule has 1 rings (SSSR count). The molecule has 0 aliphatic carbocycles. The average molecular weight is 263 g/mol. The van der Waals surface area contributed by atoms with Crippen LogP contribution in [0.25, 0.3) is 0 Å². The summed E-state index contributed by atoms with van der Waals surface area (Å²) in [6.45, 7) is 1.06. The van der Waals surface area contributed by atoms with Crippen molar-refractivity contribution in [3.8, 4) is 0 Å². The Balaban J connectivity index is 2.74. The van der Waals surface area contributed by atoms with Crippen LogP contribution in [0, 0.1) is 5.92 Å². The van der Waals surface area contributed by atoms with Gasteiger partial charge in [0, 0.05) is 6.54 Å². The van der Waals surface area contributed by atoms with E-state index in [0.29, 0.717) is 0 Å². The molecule has 2 N–H and O–H groups in total. The van der Waals surface area contributed by atoms with E-state index in [4.69, 9.17) is 0 Å². The molecule has 1 saturated heterocycles. The van der Waals surface area contributed by atoms with Crippen molar-refractivity contribution in [2.45, 2.75) is 6.92 Å². The summed E-state index contributed by atoms with van der Waals surface area (Å²) in [6, 6.07) is -0.885. The topological polar surface area (TPSA) is 113 Å².